The van der Waals surface area contributed by atoms with E-state index in [9.17, 15) is 4.79 Å². The number of hydrogen-bond donors (Lipinski definition) is 3. The highest BCUT2D eigenvalue weighted by molar-refractivity contribution is 5.68. The van der Waals surface area contributed by atoms with E-state index in [1.807, 2.05) is 0 Å². The van der Waals surface area contributed by atoms with E-state index >= 15 is 0 Å². The Morgan fingerprint density at radius 3 is 1.94 bits per heavy atom. The molecule has 0 aliphatic heterocycles. The van der Waals surface area contributed by atoms with Gasteiger partial charge in [-0.25, -0.2) is 0 Å². The van der Waals surface area contributed by atoms with Crippen LogP contribution in [0, 0.1) is 11.3 Å². The monoisotopic (exact) mass is 296 g/mol. The van der Waals surface area contributed by atoms with Gasteiger partial charge in [-0.2, -0.15) is 0 Å². The van der Waals surface area contributed by atoms with Gasteiger partial charge in [-0.1, -0.05) is 0 Å². The molecule has 0 aromatic heterocycles. The lowest BCUT2D eigenvalue weighted by atomic mass is 9.44. The average Bonchev–Trinajstić information content (AvgIpc) is 1.91. The van der Waals surface area contributed by atoms with E-state index in [1.165, 1.54) is 12.8 Å². The number of rotatable bonds is 2. The summed E-state index contributed by atoms with van der Waals surface area (Å²) in [5.74, 6) is 0.0414. The lowest BCUT2D eigenvalue weighted by Crippen LogP contribution is -3.00. The topological polar surface area (TPSA) is 92.6 Å². The highest BCUT2D eigenvalue weighted by atomic mass is 35.5. The second kappa shape index (κ2) is 4.51. The summed E-state index contributed by atoms with van der Waals surface area (Å²) in [5, 5.41) is 9.10. The van der Waals surface area contributed by atoms with Gasteiger partial charge in [0.1, 0.15) is 11.1 Å². The molecule has 2 unspecified atom stereocenters. The molecule has 4 aliphatic carbocycles. The van der Waals surface area contributed by atoms with Crippen LogP contribution in [0.5, 0.6) is 0 Å². The predicted molar refractivity (Wildman–Crippen MR) is 57.1 cm³/mol. The van der Waals surface area contributed by atoms with Crippen molar-refractivity contribution < 1.29 is 46.2 Å². The smallest absolute Gasteiger partial charge is 0.303 e. The lowest BCUT2D eigenvalue weighted by molar-refractivity contribution is -0.575. The number of carboxylic acid groups (broad SMARTS) is 1. The van der Waals surface area contributed by atoms with Crippen LogP contribution in [0.2, 0.25) is 0 Å². The molecule has 4 aliphatic rings. The van der Waals surface area contributed by atoms with Crippen LogP contribution in [-0.4, -0.2) is 22.2 Å². The Labute approximate surface area is 120 Å². The second-order valence-corrected chi connectivity index (χ2v) is 7.08. The lowest BCUT2D eigenvalue weighted by Gasteiger charge is -2.60. The number of halogens is 2. The summed E-state index contributed by atoms with van der Waals surface area (Å²) in [6.45, 7) is 0. The van der Waals surface area contributed by atoms with E-state index in [4.69, 9.17) is 5.11 Å². The average molecular weight is 297 g/mol. The van der Waals surface area contributed by atoms with Gasteiger partial charge in [0.05, 0.1) is 12.8 Å². The molecule has 0 heterocycles. The van der Waals surface area contributed by atoms with E-state index in [2.05, 4.69) is 11.5 Å². The van der Waals surface area contributed by atoms with Gasteiger partial charge in [0.25, 0.3) is 0 Å². The van der Waals surface area contributed by atoms with Crippen molar-refractivity contribution in [2.24, 2.45) is 11.3 Å². The molecular weight excluding hydrogens is 275 g/mol. The van der Waals surface area contributed by atoms with Gasteiger partial charge in [-0.05, 0) is 17.8 Å². The van der Waals surface area contributed by atoms with Crippen LogP contribution in [0.25, 0.3) is 0 Å². The molecule has 4 saturated carbocycles. The summed E-state index contributed by atoms with van der Waals surface area (Å²) in [6.07, 6.45) is 6.97. The van der Waals surface area contributed by atoms with Crippen LogP contribution >= 0.6 is 0 Å². The third-order valence-corrected chi connectivity index (χ3v) is 4.94. The van der Waals surface area contributed by atoms with Gasteiger partial charge in [-0.3, -0.25) is 4.79 Å². The maximum Gasteiger partial charge on any atom is 0.303 e. The van der Waals surface area contributed by atoms with Gasteiger partial charge in [0, 0.05) is 25.7 Å². The van der Waals surface area contributed by atoms with E-state index in [1.54, 1.807) is 0 Å². The van der Waals surface area contributed by atoms with Gasteiger partial charge in [-0.15, -0.1) is 0 Å². The number of aliphatic carboxylic acids is 1. The molecule has 0 aromatic carbocycles. The molecule has 106 valence electrons. The minimum atomic E-state index is -0.644. The maximum absolute atomic E-state index is 11.1. The third-order valence-electron chi connectivity index (χ3n) is 4.94. The molecule has 7 N–H and O–H groups in total. The van der Waals surface area contributed by atoms with Gasteiger partial charge in [0.15, 0.2) is 0 Å². The van der Waals surface area contributed by atoms with Crippen molar-refractivity contribution >= 4 is 5.97 Å². The number of carboxylic acids is 1. The minimum Gasteiger partial charge on any atom is -1.00 e. The number of carbonyl (C=O) groups is 1. The summed E-state index contributed by atoms with van der Waals surface area (Å²) < 4.78 is 0. The normalized spacial score (nSPS) is 48.2. The molecule has 18 heavy (non-hydrogen) atoms. The van der Waals surface area contributed by atoms with Crippen molar-refractivity contribution in [1.82, 2.24) is 0 Å². The first-order valence-electron chi connectivity index (χ1n) is 6.25. The zero-order valence-electron chi connectivity index (χ0n) is 10.6. The fraction of sp³-hybridized carbons (Fsp3) is 0.917. The Bertz CT molecular complexity index is 346. The molecule has 0 aromatic rings. The summed E-state index contributed by atoms with van der Waals surface area (Å²) in [4.78, 5) is 11.1. The molecule has 0 saturated heterocycles. The van der Waals surface area contributed by atoms with Crippen molar-refractivity contribution in [3.63, 3.8) is 0 Å². The van der Waals surface area contributed by atoms with E-state index in [0.29, 0.717) is 12.3 Å². The van der Waals surface area contributed by atoms with Crippen LogP contribution < -0.4 is 36.3 Å². The molecule has 4 nitrogen and oxygen atoms in total. The fourth-order valence-corrected chi connectivity index (χ4v) is 5.58. The van der Waals surface area contributed by atoms with Crippen LogP contribution in [0.1, 0.15) is 44.9 Å². The maximum atomic E-state index is 11.1. The molecule has 6 heteroatoms. The molecule has 0 amide bonds. The van der Waals surface area contributed by atoms with Crippen LogP contribution in [-0.2, 0) is 4.79 Å². The van der Waals surface area contributed by atoms with Crippen LogP contribution in [0.3, 0.4) is 0 Å². The quantitative estimate of drug-likeness (QED) is 0.473. The summed E-state index contributed by atoms with van der Waals surface area (Å²) in [7, 11) is 0. The van der Waals surface area contributed by atoms with E-state index in [0.717, 1.165) is 25.7 Å². The Balaban J connectivity index is 0.000000810. The first-order chi connectivity index (χ1) is 7.32. The third kappa shape index (κ3) is 2.48. The summed E-state index contributed by atoms with van der Waals surface area (Å²) in [6, 6.07) is 0. The Kier molecular flexibility index (Phi) is 4.02. The predicted octanol–water partition coefficient (Wildman–Crippen LogP) is -6.59. The second-order valence-electron chi connectivity index (χ2n) is 7.08. The van der Waals surface area contributed by atoms with Gasteiger partial charge < -0.3 is 41.4 Å². The Morgan fingerprint density at radius 2 is 1.56 bits per heavy atom. The zero-order chi connectivity index (χ0) is 11.6. The fourth-order valence-electron chi connectivity index (χ4n) is 5.58. The van der Waals surface area contributed by atoms with Crippen molar-refractivity contribution in [1.29, 1.82) is 0 Å². The van der Waals surface area contributed by atoms with Crippen LogP contribution in [0.15, 0.2) is 0 Å². The standard InChI is InChI=1S/C12H20N2O2.2ClH/c13-11-2-8-1-10(5-11,4-9(15)16)6-12(14,3-8)7-11;;/h8H,1-7,13-14H2,(H,15,16);2*1H. The van der Waals surface area contributed by atoms with Gasteiger partial charge in [0.2, 0.25) is 0 Å². The van der Waals surface area contributed by atoms with Crippen molar-refractivity contribution in [2.45, 2.75) is 56.0 Å². The van der Waals surface area contributed by atoms with Crippen molar-refractivity contribution in [3.8, 4) is 0 Å². The first-order valence-corrected chi connectivity index (χ1v) is 6.25. The molecule has 0 spiro atoms. The summed E-state index contributed by atoms with van der Waals surface area (Å²) in [5.41, 5.74) is 9.08. The molecule has 0 radical (unpaired) electrons. The SMILES string of the molecule is [Cl-].[Cl-].[NH3+]C12CC3CC([NH3+])(C1)CC(CC(=O)O)(C3)C2. The molecule has 4 bridgehead atoms. The molecular formula is C12H22Cl2N2O2. The van der Waals surface area contributed by atoms with E-state index in [-0.39, 0.29) is 41.3 Å². The zero-order valence-corrected chi connectivity index (χ0v) is 12.1. The first kappa shape index (κ1) is 16.0. The summed E-state index contributed by atoms with van der Waals surface area (Å²) >= 11 is 0. The molecule has 4 fully saturated rings. The van der Waals surface area contributed by atoms with Crippen molar-refractivity contribution in [2.75, 3.05) is 0 Å². The molecule has 2 atom stereocenters. The van der Waals surface area contributed by atoms with Crippen molar-refractivity contribution in [3.05, 3.63) is 0 Å². The number of quaternary nitrogens is 2. The highest BCUT2D eigenvalue weighted by Gasteiger charge is 2.65. The largest absolute Gasteiger partial charge is 1.00 e. The number of hydrogen-bond acceptors (Lipinski definition) is 1. The Hall–Kier alpha value is -0.0300. The van der Waals surface area contributed by atoms with E-state index < -0.39 is 5.97 Å². The highest BCUT2D eigenvalue weighted by Crippen LogP contribution is 2.61. The van der Waals surface area contributed by atoms with Crippen LogP contribution in [0.4, 0.5) is 0 Å². The Morgan fingerprint density at radius 1 is 1.06 bits per heavy atom. The molecule has 4 rings (SSSR count). The minimum absolute atomic E-state index is 0. The van der Waals surface area contributed by atoms with Gasteiger partial charge >= 0.3 is 5.97 Å².